The normalized spacial score (nSPS) is 11.9. The first-order valence-electron chi connectivity index (χ1n) is 4.63. The zero-order valence-corrected chi connectivity index (χ0v) is 8.87. The summed E-state index contributed by atoms with van der Waals surface area (Å²) < 4.78 is 0. The maximum atomic E-state index is 11.2. The molecule has 3 N–H and O–H groups in total. The Labute approximate surface area is 88.0 Å². The van der Waals surface area contributed by atoms with Crippen LogP contribution in [-0.4, -0.2) is 42.4 Å². The summed E-state index contributed by atoms with van der Waals surface area (Å²) in [7, 11) is 1.69. The first-order chi connectivity index (χ1) is 6.97. The van der Waals surface area contributed by atoms with E-state index in [1.54, 1.807) is 7.05 Å². The van der Waals surface area contributed by atoms with Gasteiger partial charge in [0.25, 0.3) is 0 Å². The van der Waals surface area contributed by atoms with Gasteiger partial charge in [-0.25, -0.2) is 4.79 Å². The van der Waals surface area contributed by atoms with Crippen LogP contribution >= 0.6 is 0 Å². The lowest BCUT2D eigenvalue weighted by Gasteiger charge is -2.12. The van der Waals surface area contributed by atoms with Crippen molar-refractivity contribution in [3.05, 3.63) is 0 Å². The zero-order valence-electron chi connectivity index (χ0n) is 8.87. The summed E-state index contributed by atoms with van der Waals surface area (Å²) in [5, 5.41) is 13.8. The van der Waals surface area contributed by atoms with Crippen molar-refractivity contribution in [1.82, 2.24) is 10.6 Å². The maximum Gasteiger partial charge on any atom is 0.326 e. The summed E-state index contributed by atoms with van der Waals surface area (Å²) in [4.78, 5) is 32.6. The smallest absolute Gasteiger partial charge is 0.326 e. The van der Waals surface area contributed by atoms with Crippen molar-refractivity contribution in [3.8, 4) is 0 Å². The van der Waals surface area contributed by atoms with E-state index in [-0.39, 0.29) is 24.5 Å². The maximum absolute atomic E-state index is 11.2. The molecule has 86 valence electrons. The van der Waals surface area contributed by atoms with Crippen molar-refractivity contribution in [3.63, 3.8) is 0 Å². The number of nitrogens with one attached hydrogen (secondary N) is 2. The van der Waals surface area contributed by atoms with E-state index in [4.69, 9.17) is 5.11 Å². The van der Waals surface area contributed by atoms with E-state index < -0.39 is 12.0 Å². The minimum Gasteiger partial charge on any atom is -0.480 e. The molecule has 0 heterocycles. The lowest BCUT2D eigenvalue weighted by atomic mass is 10.1. The van der Waals surface area contributed by atoms with Crippen molar-refractivity contribution in [1.29, 1.82) is 0 Å². The fourth-order valence-corrected chi connectivity index (χ4v) is 0.993. The highest BCUT2D eigenvalue weighted by Gasteiger charge is 2.20. The Hall–Kier alpha value is -1.43. The summed E-state index contributed by atoms with van der Waals surface area (Å²) >= 11 is 0. The number of aliphatic carboxylic acids is 1. The van der Waals surface area contributed by atoms with Gasteiger partial charge in [0.15, 0.2) is 0 Å². The largest absolute Gasteiger partial charge is 0.480 e. The average molecular weight is 216 g/mol. The number of carboxylic acid groups (broad SMARTS) is 1. The van der Waals surface area contributed by atoms with Crippen LogP contribution in [0.5, 0.6) is 0 Å². The second-order valence-electron chi connectivity index (χ2n) is 3.22. The second-order valence-corrected chi connectivity index (χ2v) is 3.22. The number of hydrogen-bond acceptors (Lipinski definition) is 4. The van der Waals surface area contributed by atoms with E-state index >= 15 is 0 Å². The van der Waals surface area contributed by atoms with Gasteiger partial charge < -0.3 is 15.7 Å². The third-order valence-electron chi connectivity index (χ3n) is 1.73. The molecule has 0 aliphatic heterocycles. The molecule has 0 aromatic carbocycles. The Morgan fingerprint density at radius 3 is 2.33 bits per heavy atom. The van der Waals surface area contributed by atoms with E-state index in [0.29, 0.717) is 6.54 Å². The van der Waals surface area contributed by atoms with Crippen molar-refractivity contribution in [2.75, 3.05) is 13.6 Å². The van der Waals surface area contributed by atoms with Crippen molar-refractivity contribution in [2.45, 2.75) is 25.8 Å². The van der Waals surface area contributed by atoms with E-state index in [0.717, 1.165) is 0 Å². The number of amides is 1. The molecule has 0 spiro atoms. The third kappa shape index (κ3) is 6.62. The molecular formula is C9H16N2O4. The van der Waals surface area contributed by atoms with Crippen LogP contribution in [0.4, 0.5) is 0 Å². The monoisotopic (exact) mass is 216 g/mol. The van der Waals surface area contributed by atoms with Crippen LogP contribution in [0.25, 0.3) is 0 Å². The molecule has 0 aromatic rings. The number of carbonyl (C=O) groups excluding carboxylic acids is 2. The van der Waals surface area contributed by atoms with E-state index in [9.17, 15) is 14.4 Å². The molecule has 15 heavy (non-hydrogen) atoms. The Kier molecular flexibility index (Phi) is 6.28. The second kappa shape index (κ2) is 6.94. The van der Waals surface area contributed by atoms with Crippen LogP contribution in [0.2, 0.25) is 0 Å². The fraction of sp³-hybridized carbons (Fsp3) is 0.667. The predicted octanol–water partition coefficient (Wildman–Crippen LogP) is -0.856. The van der Waals surface area contributed by atoms with Gasteiger partial charge in [0.1, 0.15) is 11.8 Å². The molecule has 0 aromatic heterocycles. The van der Waals surface area contributed by atoms with E-state index in [2.05, 4.69) is 10.6 Å². The highest BCUT2D eigenvalue weighted by Crippen LogP contribution is 1.94. The Morgan fingerprint density at radius 1 is 1.33 bits per heavy atom. The molecule has 0 saturated heterocycles. The number of rotatable bonds is 7. The Balaban J connectivity index is 4.10. The van der Waals surface area contributed by atoms with Crippen LogP contribution < -0.4 is 10.6 Å². The van der Waals surface area contributed by atoms with Gasteiger partial charge in [-0.15, -0.1) is 0 Å². The molecule has 6 nitrogen and oxygen atoms in total. The molecule has 0 rings (SSSR count). The van der Waals surface area contributed by atoms with E-state index in [1.165, 1.54) is 6.92 Å². The molecule has 0 saturated carbocycles. The summed E-state index contributed by atoms with van der Waals surface area (Å²) in [5.74, 6) is -1.84. The van der Waals surface area contributed by atoms with Gasteiger partial charge in [0.05, 0.1) is 0 Å². The molecule has 0 aliphatic carbocycles. The van der Waals surface area contributed by atoms with Gasteiger partial charge in [0.2, 0.25) is 5.91 Å². The molecule has 1 atom stereocenters. The molecule has 0 bridgehead atoms. The molecule has 0 aliphatic rings. The highest BCUT2D eigenvalue weighted by molar-refractivity contribution is 5.88. The summed E-state index contributed by atoms with van der Waals surface area (Å²) in [6, 6.07) is -1.12. The topological polar surface area (TPSA) is 95.5 Å². The lowest BCUT2D eigenvalue weighted by Crippen LogP contribution is -2.42. The Morgan fingerprint density at radius 2 is 1.93 bits per heavy atom. The first-order valence-corrected chi connectivity index (χ1v) is 4.63. The zero-order chi connectivity index (χ0) is 11.8. The minimum atomic E-state index is -1.19. The van der Waals surface area contributed by atoms with Gasteiger partial charge in [-0.1, -0.05) is 0 Å². The van der Waals surface area contributed by atoms with Crippen LogP contribution in [0.1, 0.15) is 19.8 Å². The summed E-state index contributed by atoms with van der Waals surface area (Å²) in [6.45, 7) is 1.76. The molecular weight excluding hydrogens is 200 g/mol. The van der Waals surface area contributed by atoms with Crippen molar-refractivity contribution in [2.24, 2.45) is 0 Å². The molecule has 1 amide bonds. The van der Waals surface area contributed by atoms with Gasteiger partial charge in [-0.05, 0) is 14.0 Å². The van der Waals surface area contributed by atoms with Gasteiger partial charge in [0, 0.05) is 19.4 Å². The Bertz CT molecular complexity index is 252. The van der Waals surface area contributed by atoms with Crippen LogP contribution in [0.15, 0.2) is 0 Å². The third-order valence-corrected chi connectivity index (χ3v) is 1.73. The first kappa shape index (κ1) is 13.6. The number of carboxylic acids is 1. The van der Waals surface area contributed by atoms with Crippen LogP contribution in [0, 0.1) is 0 Å². The highest BCUT2D eigenvalue weighted by atomic mass is 16.4. The molecule has 0 radical (unpaired) electrons. The summed E-state index contributed by atoms with van der Waals surface area (Å²) in [5.41, 5.74) is 0. The number of ketones is 1. The standard InChI is InChI=1S/C9H16N2O4/c1-6(12)5-7(9(14)15)11-8(13)3-4-10-2/h7,10H,3-5H2,1-2H3,(H,11,13)(H,14,15)/t7-/m0/s1. The van der Waals surface area contributed by atoms with Crippen LogP contribution in [-0.2, 0) is 14.4 Å². The SMILES string of the molecule is CNCCC(=O)N[C@@H](CC(C)=O)C(=O)O. The van der Waals surface area contributed by atoms with Crippen LogP contribution in [0.3, 0.4) is 0 Å². The van der Waals surface area contributed by atoms with Gasteiger partial charge >= 0.3 is 5.97 Å². The summed E-state index contributed by atoms with van der Waals surface area (Å²) in [6.07, 6.45) is 0.0127. The quantitative estimate of drug-likeness (QED) is 0.515. The number of carbonyl (C=O) groups is 3. The predicted molar refractivity (Wildman–Crippen MR) is 53.4 cm³/mol. The van der Waals surface area contributed by atoms with Gasteiger partial charge in [-0.3, -0.25) is 9.59 Å². The number of hydrogen-bond donors (Lipinski definition) is 3. The molecule has 0 fully saturated rings. The van der Waals surface area contributed by atoms with Gasteiger partial charge in [-0.2, -0.15) is 0 Å². The van der Waals surface area contributed by atoms with E-state index in [1.807, 2.05) is 0 Å². The molecule has 6 heteroatoms. The minimum absolute atomic E-state index is 0.180. The van der Waals surface area contributed by atoms with Crippen molar-refractivity contribution < 1.29 is 19.5 Å². The van der Waals surface area contributed by atoms with Crippen molar-refractivity contribution >= 4 is 17.7 Å². The molecule has 0 unspecified atom stereocenters. The fourth-order valence-electron chi connectivity index (χ4n) is 0.993. The lowest BCUT2D eigenvalue weighted by molar-refractivity contribution is -0.143. The number of Topliss-reactive ketones (excluding diaryl/α,β-unsaturated/α-hetero) is 1. The average Bonchev–Trinajstić information content (AvgIpc) is 2.12.